The minimum absolute atomic E-state index is 0.0121. The molecule has 0 aromatic carbocycles. The quantitative estimate of drug-likeness (QED) is 0.791. The van der Waals surface area contributed by atoms with E-state index in [-0.39, 0.29) is 16.8 Å². The molecule has 2 aliphatic heterocycles. The maximum Gasteiger partial charge on any atom is 0.199 e. The number of ether oxygens (including phenoxy) is 1. The Morgan fingerprint density at radius 2 is 2.26 bits per heavy atom. The van der Waals surface area contributed by atoms with Crippen molar-refractivity contribution in [2.75, 3.05) is 31.1 Å². The summed E-state index contributed by atoms with van der Waals surface area (Å²) in [6.45, 7) is 7.57. The highest BCUT2D eigenvalue weighted by Crippen LogP contribution is 2.38. The predicted octanol–water partition coefficient (Wildman–Crippen LogP) is 2.17. The van der Waals surface area contributed by atoms with Crippen LogP contribution in [-0.2, 0) is 0 Å². The number of halogens is 2. The molecule has 0 amide bonds. The van der Waals surface area contributed by atoms with E-state index in [1.165, 1.54) is 6.20 Å². The molecule has 0 unspecified atom stereocenters. The van der Waals surface area contributed by atoms with Crippen molar-refractivity contribution in [1.82, 2.24) is 9.88 Å². The van der Waals surface area contributed by atoms with Crippen LogP contribution in [0, 0.1) is 5.82 Å². The summed E-state index contributed by atoms with van der Waals surface area (Å²) in [6, 6.07) is 0.746. The highest BCUT2D eigenvalue weighted by Gasteiger charge is 2.36. The summed E-state index contributed by atoms with van der Waals surface area (Å²) in [5, 5.41) is 0.0121. The number of hydrogen-bond donors (Lipinski definition) is 0. The van der Waals surface area contributed by atoms with E-state index < -0.39 is 5.82 Å². The Bertz CT molecular complexity index is 497. The maximum atomic E-state index is 13.9. The van der Waals surface area contributed by atoms with Gasteiger partial charge in [0.05, 0.1) is 17.3 Å². The second-order valence-electron chi connectivity index (χ2n) is 5.32. The third kappa shape index (κ3) is 2.15. The molecule has 1 aromatic heterocycles. The van der Waals surface area contributed by atoms with Crippen LogP contribution in [-0.4, -0.2) is 48.2 Å². The molecular weight excluding hydrogens is 269 g/mol. The van der Waals surface area contributed by atoms with Crippen LogP contribution < -0.4 is 9.64 Å². The highest BCUT2D eigenvalue weighted by atomic mass is 35.5. The molecule has 0 N–H and O–H groups in total. The van der Waals surface area contributed by atoms with Crippen molar-refractivity contribution in [1.29, 1.82) is 0 Å². The lowest BCUT2D eigenvalue weighted by Gasteiger charge is -2.46. The summed E-state index contributed by atoms with van der Waals surface area (Å²) >= 11 is 5.74. The molecule has 3 rings (SSSR count). The first kappa shape index (κ1) is 12.9. The number of fused-ring (bicyclic) bond motifs is 3. The van der Waals surface area contributed by atoms with Gasteiger partial charge in [-0.1, -0.05) is 11.6 Å². The molecule has 1 atom stereocenters. The molecule has 0 bridgehead atoms. The third-order valence-corrected chi connectivity index (χ3v) is 4.11. The molecule has 0 radical (unpaired) electrons. The number of nitrogens with zero attached hydrogens (tertiary/aromatic N) is 3. The molecule has 0 spiro atoms. The molecule has 1 aromatic rings. The first-order chi connectivity index (χ1) is 9.08. The minimum Gasteiger partial charge on any atom is -0.485 e. The van der Waals surface area contributed by atoms with Crippen molar-refractivity contribution in [3.63, 3.8) is 0 Å². The maximum absolute atomic E-state index is 13.9. The van der Waals surface area contributed by atoms with Gasteiger partial charge < -0.3 is 9.64 Å². The van der Waals surface area contributed by atoms with Crippen molar-refractivity contribution < 1.29 is 9.13 Å². The molecule has 104 valence electrons. The molecule has 0 saturated carbocycles. The van der Waals surface area contributed by atoms with E-state index in [1.54, 1.807) is 0 Å². The Morgan fingerprint density at radius 1 is 1.47 bits per heavy atom. The molecule has 2 aliphatic rings. The number of aromatic nitrogens is 1. The van der Waals surface area contributed by atoms with E-state index in [4.69, 9.17) is 16.3 Å². The van der Waals surface area contributed by atoms with Crippen LogP contribution in [0.3, 0.4) is 0 Å². The van der Waals surface area contributed by atoms with Crippen LogP contribution in [0.1, 0.15) is 13.8 Å². The Hall–Kier alpha value is -1.07. The zero-order valence-electron chi connectivity index (χ0n) is 11.1. The summed E-state index contributed by atoms with van der Waals surface area (Å²) < 4.78 is 19.5. The summed E-state index contributed by atoms with van der Waals surface area (Å²) in [5.74, 6) is 0.278. The summed E-state index contributed by atoms with van der Waals surface area (Å²) in [4.78, 5) is 8.78. The number of piperazine rings is 1. The fourth-order valence-electron chi connectivity index (χ4n) is 2.72. The largest absolute Gasteiger partial charge is 0.485 e. The number of anilines is 1. The van der Waals surface area contributed by atoms with Crippen molar-refractivity contribution in [2.45, 2.75) is 25.9 Å². The van der Waals surface area contributed by atoms with Crippen molar-refractivity contribution in [3.05, 3.63) is 17.0 Å². The van der Waals surface area contributed by atoms with Gasteiger partial charge in [-0.05, 0) is 13.8 Å². The molecule has 6 heteroatoms. The van der Waals surface area contributed by atoms with Gasteiger partial charge in [0.25, 0.3) is 0 Å². The number of hydrogen-bond acceptors (Lipinski definition) is 4. The van der Waals surface area contributed by atoms with Crippen LogP contribution in [0.25, 0.3) is 0 Å². The van der Waals surface area contributed by atoms with Crippen molar-refractivity contribution in [2.24, 2.45) is 0 Å². The number of rotatable bonds is 1. The van der Waals surface area contributed by atoms with Gasteiger partial charge in [0.1, 0.15) is 6.61 Å². The van der Waals surface area contributed by atoms with Crippen LogP contribution in [0.2, 0.25) is 5.02 Å². The first-order valence-corrected chi connectivity index (χ1v) is 6.93. The summed E-state index contributed by atoms with van der Waals surface area (Å²) in [5.41, 5.74) is 0. The molecule has 0 aliphatic carbocycles. The van der Waals surface area contributed by atoms with Gasteiger partial charge in [-0.25, -0.2) is 9.37 Å². The van der Waals surface area contributed by atoms with Gasteiger partial charge in [-0.3, -0.25) is 4.90 Å². The fourth-order valence-corrected chi connectivity index (χ4v) is 2.86. The van der Waals surface area contributed by atoms with E-state index in [9.17, 15) is 4.39 Å². The topological polar surface area (TPSA) is 28.6 Å². The second-order valence-corrected chi connectivity index (χ2v) is 5.73. The zero-order valence-corrected chi connectivity index (χ0v) is 11.8. The summed E-state index contributed by atoms with van der Waals surface area (Å²) in [7, 11) is 0. The van der Waals surface area contributed by atoms with E-state index in [2.05, 4.69) is 28.6 Å². The minimum atomic E-state index is -0.503. The Kier molecular flexibility index (Phi) is 3.27. The van der Waals surface area contributed by atoms with Crippen molar-refractivity contribution in [3.8, 4) is 5.75 Å². The van der Waals surface area contributed by atoms with Crippen LogP contribution in [0.4, 0.5) is 10.2 Å². The van der Waals surface area contributed by atoms with E-state index in [0.29, 0.717) is 18.5 Å². The van der Waals surface area contributed by atoms with Gasteiger partial charge in [-0.15, -0.1) is 0 Å². The smallest absolute Gasteiger partial charge is 0.199 e. The highest BCUT2D eigenvalue weighted by molar-refractivity contribution is 6.30. The van der Waals surface area contributed by atoms with Gasteiger partial charge in [0.15, 0.2) is 17.4 Å². The average molecular weight is 286 g/mol. The number of pyridine rings is 1. The Morgan fingerprint density at radius 3 is 3.00 bits per heavy atom. The van der Waals surface area contributed by atoms with Crippen LogP contribution in [0.15, 0.2) is 6.20 Å². The molecule has 3 heterocycles. The average Bonchev–Trinajstić information content (AvgIpc) is 2.41. The molecular formula is C13H17ClFN3O. The lowest BCUT2D eigenvalue weighted by atomic mass is 10.1. The van der Waals surface area contributed by atoms with Gasteiger partial charge in [0, 0.05) is 25.7 Å². The lowest BCUT2D eigenvalue weighted by molar-refractivity contribution is 0.138. The lowest BCUT2D eigenvalue weighted by Crippen LogP contribution is -2.58. The van der Waals surface area contributed by atoms with E-state index >= 15 is 0 Å². The van der Waals surface area contributed by atoms with Gasteiger partial charge >= 0.3 is 0 Å². The van der Waals surface area contributed by atoms with Crippen LogP contribution in [0.5, 0.6) is 5.75 Å². The van der Waals surface area contributed by atoms with E-state index in [0.717, 1.165) is 19.6 Å². The van der Waals surface area contributed by atoms with Crippen molar-refractivity contribution >= 4 is 17.4 Å². The molecule has 19 heavy (non-hydrogen) atoms. The van der Waals surface area contributed by atoms with E-state index in [1.807, 2.05) is 0 Å². The third-order valence-electron chi connectivity index (χ3n) is 3.85. The standard InChI is InChI=1S/C13H17ClFN3O/c1-8(2)17-3-4-18-9(6-17)7-19-12-11(15)10(14)5-16-13(12)18/h5,8-9H,3-4,6-7H2,1-2H3/t9-/m1/s1. The molecule has 1 saturated heterocycles. The van der Waals surface area contributed by atoms with Crippen LogP contribution >= 0.6 is 11.6 Å². The van der Waals surface area contributed by atoms with Gasteiger partial charge in [-0.2, -0.15) is 0 Å². The predicted molar refractivity (Wildman–Crippen MR) is 72.5 cm³/mol. The molecule has 1 fully saturated rings. The molecule has 4 nitrogen and oxygen atoms in total. The fraction of sp³-hybridized carbons (Fsp3) is 0.615. The normalized spacial score (nSPS) is 23.0. The summed E-state index contributed by atoms with van der Waals surface area (Å²) in [6.07, 6.45) is 1.36. The SMILES string of the molecule is CC(C)N1CCN2c3ncc(Cl)c(F)c3OC[C@H]2C1. The monoisotopic (exact) mass is 285 g/mol. The second kappa shape index (κ2) is 4.80. The Labute approximate surface area is 117 Å². The Balaban J connectivity index is 1.89. The first-order valence-electron chi connectivity index (χ1n) is 6.55. The zero-order chi connectivity index (χ0) is 13.6. The van der Waals surface area contributed by atoms with Gasteiger partial charge in [0.2, 0.25) is 0 Å².